The topological polar surface area (TPSA) is 55.6 Å². The summed E-state index contributed by atoms with van der Waals surface area (Å²) in [5.74, 6) is 0.892. The Bertz CT molecular complexity index is 497. The molecule has 0 unspecified atom stereocenters. The fraction of sp³-hybridized carbons (Fsp3) is 0.615. The number of aryl methyl sites for hydroxylation is 1. The second kappa shape index (κ2) is 7.94. The molecule has 0 saturated carbocycles. The van der Waals surface area contributed by atoms with Gasteiger partial charge in [-0.25, -0.2) is 9.97 Å². The Morgan fingerprint density at radius 3 is 2.74 bits per heavy atom. The second-order valence-corrected chi connectivity index (χ2v) is 4.57. The number of hydrogen-bond acceptors (Lipinski definition) is 4. The van der Waals surface area contributed by atoms with Crippen molar-refractivity contribution in [2.75, 3.05) is 11.9 Å². The number of nitrogens with one attached hydrogen (secondary N) is 1. The molecule has 19 heavy (non-hydrogen) atoms. The Morgan fingerprint density at radius 1 is 1.16 bits per heavy atom. The third-order valence-corrected chi connectivity index (χ3v) is 3.10. The molecule has 5 nitrogen and oxygen atoms in total. The zero-order valence-electron chi connectivity index (χ0n) is 11.6. The summed E-state index contributed by atoms with van der Waals surface area (Å²) in [5, 5.41) is 8.57. The van der Waals surface area contributed by atoms with Crippen molar-refractivity contribution in [1.29, 1.82) is 0 Å². The maximum atomic E-state index is 4.28. The van der Waals surface area contributed by atoms with Crippen LogP contribution in [0.25, 0.3) is 11.0 Å². The number of hydrogen-bond donors (Lipinski definition) is 1. The van der Waals surface area contributed by atoms with Crippen LogP contribution in [0, 0.1) is 0 Å². The standard InChI is InChI=1S/C13H21N5.ClH/c1-3-4-5-6-7-8-14-12-11-9-17-18(2)13(11)16-10-15-12;/h9-10H,3-8H2,1-2H3,(H,14,15,16);1H. The minimum atomic E-state index is 0. The van der Waals surface area contributed by atoms with E-state index in [-0.39, 0.29) is 12.4 Å². The van der Waals surface area contributed by atoms with Crippen LogP contribution in [0.15, 0.2) is 12.5 Å². The van der Waals surface area contributed by atoms with Gasteiger partial charge in [0, 0.05) is 13.6 Å². The summed E-state index contributed by atoms with van der Waals surface area (Å²) >= 11 is 0. The van der Waals surface area contributed by atoms with E-state index in [2.05, 4.69) is 27.3 Å². The number of aromatic nitrogens is 4. The van der Waals surface area contributed by atoms with Gasteiger partial charge in [-0.2, -0.15) is 5.10 Å². The van der Waals surface area contributed by atoms with Crippen LogP contribution < -0.4 is 5.32 Å². The number of unbranched alkanes of at least 4 members (excludes halogenated alkanes) is 4. The Balaban J connectivity index is 0.00000180. The molecule has 0 fully saturated rings. The van der Waals surface area contributed by atoms with Gasteiger partial charge in [0.15, 0.2) is 5.65 Å². The van der Waals surface area contributed by atoms with E-state index in [1.165, 1.54) is 32.1 Å². The van der Waals surface area contributed by atoms with Gasteiger partial charge < -0.3 is 5.32 Å². The van der Waals surface area contributed by atoms with Gasteiger partial charge in [-0.1, -0.05) is 32.6 Å². The highest BCUT2D eigenvalue weighted by Crippen LogP contribution is 2.17. The summed E-state index contributed by atoms with van der Waals surface area (Å²) in [4.78, 5) is 8.50. The molecule has 0 spiro atoms. The predicted octanol–water partition coefficient (Wildman–Crippen LogP) is 3.17. The molecular weight excluding hydrogens is 262 g/mol. The van der Waals surface area contributed by atoms with Gasteiger partial charge in [-0.05, 0) is 6.42 Å². The molecule has 2 aromatic heterocycles. The van der Waals surface area contributed by atoms with Crippen LogP contribution in [0.4, 0.5) is 5.82 Å². The van der Waals surface area contributed by atoms with Crippen molar-refractivity contribution in [2.45, 2.75) is 39.0 Å². The monoisotopic (exact) mass is 283 g/mol. The first-order valence-corrected chi connectivity index (χ1v) is 6.69. The van der Waals surface area contributed by atoms with Gasteiger partial charge in [0.05, 0.1) is 11.6 Å². The predicted molar refractivity (Wildman–Crippen MR) is 80.8 cm³/mol. The third kappa shape index (κ3) is 4.06. The fourth-order valence-electron chi connectivity index (χ4n) is 2.04. The summed E-state index contributed by atoms with van der Waals surface area (Å²) < 4.78 is 1.77. The van der Waals surface area contributed by atoms with Crippen LogP contribution in [-0.4, -0.2) is 26.3 Å². The lowest BCUT2D eigenvalue weighted by molar-refractivity contribution is 0.645. The molecule has 1 N–H and O–H groups in total. The van der Waals surface area contributed by atoms with Crippen molar-refractivity contribution in [3.8, 4) is 0 Å². The normalized spacial score (nSPS) is 10.4. The molecule has 0 aliphatic rings. The van der Waals surface area contributed by atoms with E-state index in [1.807, 2.05) is 13.2 Å². The Hall–Kier alpha value is -1.36. The van der Waals surface area contributed by atoms with E-state index < -0.39 is 0 Å². The van der Waals surface area contributed by atoms with Gasteiger partial charge in [-0.15, -0.1) is 12.4 Å². The van der Waals surface area contributed by atoms with Crippen LogP contribution in [0.2, 0.25) is 0 Å². The zero-order valence-corrected chi connectivity index (χ0v) is 12.4. The number of halogens is 1. The highest BCUT2D eigenvalue weighted by atomic mass is 35.5. The fourth-order valence-corrected chi connectivity index (χ4v) is 2.04. The van der Waals surface area contributed by atoms with Crippen molar-refractivity contribution < 1.29 is 0 Å². The van der Waals surface area contributed by atoms with Crippen molar-refractivity contribution in [3.63, 3.8) is 0 Å². The second-order valence-electron chi connectivity index (χ2n) is 4.57. The quantitative estimate of drug-likeness (QED) is 0.793. The third-order valence-electron chi connectivity index (χ3n) is 3.10. The lowest BCUT2D eigenvalue weighted by Crippen LogP contribution is -2.04. The van der Waals surface area contributed by atoms with Gasteiger partial charge in [-0.3, -0.25) is 4.68 Å². The first-order chi connectivity index (χ1) is 8.83. The van der Waals surface area contributed by atoms with Gasteiger partial charge in [0.25, 0.3) is 0 Å². The number of fused-ring (bicyclic) bond motifs is 1. The summed E-state index contributed by atoms with van der Waals surface area (Å²) in [5.41, 5.74) is 0.874. The van der Waals surface area contributed by atoms with E-state index in [4.69, 9.17) is 0 Å². The van der Waals surface area contributed by atoms with Gasteiger partial charge in [0.1, 0.15) is 12.1 Å². The first kappa shape index (κ1) is 15.7. The molecule has 0 radical (unpaired) electrons. The molecule has 106 valence electrons. The van der Waals surface area contributed by atoms with E-state index in [0.717, 1.165) is 23.4 Å². The van der Waals surface area contributed by atoms with Crippen LogP contribution in [-0.2, 0) is 7.05 Å². The minimum Gasteiger partial charge on any atom is -0.369 e. The Labute approximate surface area is 120 Å². The molecule has 0 saturated heterocycles. The van der Waals surface area contributed by atoms with Crippen molar-refractivity contribution in [3.05, 3.63) is 12.5 Å². The molecule has 0 bridgehead atoms. The van der Waals surface area contributed by atoms with Crippen LogP contribution in [0.1, 0.15) is 39.0 Å². The molecule has 6 heteroatoms. The SMILES string of the molecule is CCCCCCCNc1ncnc2c1cnn2C.Cl. The van der Waals surface area contributed by atoms with E-state index in [0.29, 0.717) is 0 Å². The van der Waals surface area contributed by atoms with Gasteiger partial charge in [0.2, 0.25) is 0 Å². The van der Waals surface area contributed by atoms with E-state index in [9.17, 15) is 0 Å². The van der Waals surface area contributed by atoms with Crippen LogP contribution >= 0.6 is 12.4 Å². The Morgan fingerprint density at radius 2 is 1.95 bits per heavy atom. The molecule has 2 rings (SSSR count). The summed E-state index contributed by atoms with van der Waals surface area (Å²) in [7, 11) is 1.89. The number of nitrogens with zero attached hydrogens (tertiary/aromatic N) is 4. The van der Waals surface area contributed by atoms with Crippen molar-refractivity contribution >= 4 is 29.3 Å². The Kier molecular flexibility index (Phi) is 6.56. The van der Waals surface area contributed by atoms with Crippen molar-refractivity contribution in [2.24, 2.45) is 7.05 Å². The maximum absolute atomic E-state index is 4.28. The molecular formula is C13H22ClN5. The lowest BCUT2D eigenvalue weighted by atomic mass is 10.1. The van der Waals surface area contributed by atoms with Crippen LogP contribution in [0.3, 0.4) is 0 Å². The smallest absolute Gasteiger partial charge is 0.163 e. The van der Waals surface area contributed by atoms with E-state index >= 15 is 0 Å². The largest absolute Gasteiger partial charge is 0.369 e. The molecule has 0 atom stereocenters. The molecule has 0 aromatic carbocycles. The number of anilines is 1. The maximum Gasteiger partial charge on any atom is 0.163 e. The van der Waals surface area contributed by atoms with Crippen LogP contribution in [0.5, 0.6) is 0 Å². The molecule has 0 aliphatic heterocycles. The molecule has 2 heterocycles. The first-order valence-electron chi connectivity index (χ1n) is 6.69. The molecule has 0 amide bonds. The average Bonchev–Trinajstić information content (AvgIpc) is 2.77. The highest BCUT2D eigenvalue weighted by Gasteiger charge is 2.06. The molecule has 2 aromatic rings. The zero-order chi connectivity index (χ0) is 12.8. The van der Waals surface area contributed by atoms with E-state index in [1.54, 1.807) is 11.0 Å². The average molecular weight is 284 g/mol. The summed E-state index contributed by atoms with van der Waals surface area (Å²) in [6.07, 6.45) is 9.81. The number of rotatable bonds is 7. The molecule has 0 aliphatic carbocycles. The minimum absolute atomic E-state index is 0. The lowest BCUT2D eigenvalue weighted by Gasteiger charge is -2.05. The highest BCUT2D eigenvalue weighted by molar-refractivity contribution is 5.86. The van der Waals surface area contributed by atoms with Crippen molar-refractivity contribution in [1.82, 2.24) is 19.7 Å². The summed E-state index contributed by atoms with van der Waals surface area (Å²) in [6.45, 7) is 3.20. The summed E-state index contributed by atoms with van der Waals surface area (Å²) in [6, 6.07) is 0. The van der Waals surface area contributed by atoms with Gasteiger partial charge >= 0.3 is 0 Å².